The summed E-state index contributed by atoms with van der Waals surface area (Å²) in [5.41, 5.74) is 24.7. The van der Waals surface area contributed by atoms with Crippen LogP contribution >= 0.6 is 0 Å². The summed E-state index contributed by atoms with van der Waals surface area (Å²) in [7, 11) is 6.99. The highest BCUT2D eigenvalue weighted by Gasteiger charge is 2.28. The van der Waals surface area contributed by atoms with Gasteiger partial charge in [0.15, 0.2) is 0 Å². The zero-order valence-corrected chi connectivity index (χ0v) is 34.8. The van der Waals surface area contributed by atoms with E-state index in [4.69, 9.17) is 7.85 Å². The van der Waals surface area contributed by atoms with E-state index < -0.39 is 0 Å². The van der Waals surface area contributed by atoms with Crippen LogP contribution in [0.2, 0.25) is 0 Å². The number of hydrogen-bond donors (Lipinski definition) is 1. The maximum Gasteiger partial charge on any atom is 0.122 e. The van der Waals surface area contributed by atoms with Crippen molar-refractivity contribution in [1.82, 2.24) is 0 Å². The summed E-state index contributed by atoms with van der Waals surface area (Å²) in [4.78, 5) is 0. The Bertz CT molecular complexity index is 3000. The Morgan fingerprint density at radius 1 is 0.552 bits per heavy atom. The van der Waals surface area contributed by atoms with E-state index in [1.807, 2.05) is 13.0 Å². The molecule has 1 aliphatic rings. The molecule has 0 aliphatic heterocycles. The van der Waals surface area contributed by atoms with Crippen molar-refractivity contribution in [2.45, 2.75) is 67.7 Å². The number of phenols is 1. The van der Waals surface area contributed by atoms with Gasteiger partial charge in [-0.15, -0.1) is 0 Å². The predicted octanol–water partition coefficient (Wildman–Crippen LogP) is 14.2. The third kappa shape index (κ3) is 5.60. The van der Waals surface area contributed by atoms with Gasteiger partial charge in [0.25, 0.3) is 0 Å². The average Bonchev–Trinajstić information content (AvgIpc) is 3.62. The van der Waals surface area contributed by atoms with E-state index in [0.717, 1.165) is 102 Å². The van der Waals surface area contributed by atoms with E-state index in [1.54, 1.807) is 0 Å². The summed E-state index contributed by atoms with van der Waals surface area (Å²) in [5, 5.41) is 16.1. The van der Waals surface area contributed by atoms with Gasteiger partial charge in [-0.25, -0.2) is 0 Å². The normalized spacial score (nSPS) is 12.0. The zero-order valence-electron chi connectivity index (χ0n) is 34.8. The Balaban J connectivity index is 1.25. The Kier molecular flexibility index (Phi) is 9.28. The SMILES string of the molecule is [B]c1c(C)c(C=C)c2c(-c3ccccc3)c3c(C)c(O)c(C)c(C)c3c(-c3ccc(-c4ccc5c(c4)Cc4ccc(CCC)c(-c6ccccc6C)c4-5)cc3)c2c1C. The molecule has 2 heteroatoms. The third-order valence-electron chi connectivity index (χ3n) is 13.2. The van der Waals surface area contributed by atoms with Crippen molar-refractivity contribution in [2.24, 2.45) is 0 Å². The summed E-state index contributed by atoms with van der Waals surface area (Å²) >= 11 is 0. The van der Waals surface area contributed by atoms with E-state index in [1.165, 1.54) is 55.6 Å². The molecule has 1 aliphatic carbocycles. The van der Waals surface area contributed by atoms with Crippen LogP contribution in [0, 0.1) is 41.5 Å². The van der Waals surface area contributed by atoms with E-state index in [9.17, 15) is 5.11 Å². The molecule has 0 bridgehead atoms. The van der Waals surface area contributed by atoms with Crippen LogP contribution in [-0.2, 0) is 12.8 Å². The molecule has 0 aromatic heterocycles. The van der Waals surface area contributed by atoms with E-state index >= 15 is 0 Å². The first-order valence-corrected chi connectivity index (χ1v) is 20.7. The van der Waals surface area contributed by atoms with Gasteiger partial charge in [-0.2, -0.15) is 0 Å². The molecule has 0 fully saturated rings. The number of rotatable bonds is 7. The predicted molar refractivity (Wildman–Crippen MR) is 251 cm³/mol. The molecule has 8 aromatic rings. The van der Waals surface area contributed by atoms with Crippen molar-refractivity contribution in [2.75, 3.05) is 0 Å². The Morgan fingerprint density at radius 3 is 1.88 bits per heavy atom. The van der Waals surface area contributed by atoms with Gasteiger partial charge in [-0.05, 0) is 182 Å². The van der Waals surface area contributed by atoms with Crippen LogP contribution < -0.4 is 5.46 Å². The summed E-state index contributed by atoms with van der Waals surface area (Å²) in [6, 6.07) is 40.3. The second kappa shape index (κ2) is 14.4. The first-order chi connectivity index (χ1) is 28.0. The standard InChI is InChI=1S/C56H49BO/c1-9-16-38-25-26-42-30-43-29-41(27-28-46(43)51(42)50(38)45-20-15-14-17-31(45)3)37-21-23-40(24-22-37)52-47-32(4)33(5)56(58)36(8)49(47)53(39-18-12-11-13-19-39)54-44(10-2)34(6)55(57)35(7)48(52)54/h10-15,17-29,58H,2,9,16,30H2,1,3-8H3. The van der Waals surface area contributed by atoms with E-state index in [2.05, 4.69) is 157 Å². The Labute approximate surface area is 345 Å². The minimum absolute atomic E-state index is 0.346. The van der Waals surface area contributed by atoms with E-state index in [-0.39, 0.29) is 0 Å². The fraction of sp³-hybridized carbons (Fsp3) is 0.179. The van der Waals surface area contributed by atoms with Gasteiger partial charge >= 0.3 is 0 Å². The zero-order chi connectivity index (χ0) is 40.6. The van der Waals surface area contributed by atoms with Crippen molar-refractivity contribution in [3.05, 3.63) is 171 Å². The molecule has 2 radical (unpaired) electrons. The lowest BCUT2D eigenvalue weighted by molar-refractivity contribution is 0.467. The quantitative estimate of drug-likeness (QED) is 0.127. The van der Waals surface area contributed by atoms with Crippen molar-refractivity contribution >= 4 is 40.9 Å². The van der Waals surface area contributed by atoms with Crippen molar-refractivity contribution < 1.29 is 5.11 Å². The topological polar surface area (TPSA) is 20.2 Å². The number of benzene rings is 8. The van der Waals surface area contributed by atoms with Crippen LogP contribution in [0.25, 0.3) is 83.3 Å². The summed E-state index contributed by atoms with van der Waals surface area (Å²) < 4.78 is 0. The molecule has 0 amide bonds. The number of fused-ring (bicyclic) bond motifs is 5. The van der Waals surface area contributed by atoms with E-state index in [0.29, 0.717) is 5.75 Å². The number of aromatic hydroxyl groups is 1. The highest BCUT2D eigenvalue weighted by atomic mass is 16.3. The molecule has 0 heterocycles. The van der Waals surface area contributed by atoms with Gasteiger partial charge < -0.3 is 5.11 Å². The maximum absolute atomic E-state index is 11.6. The van der Waals surface area contributed by atoms with Crippen LogP contribution in [0.5, 0.6) is 5.75 Å². The van der Waals surface area contributed by atoms with Crippen LogP contribution in [0.3, 0.4) is 0 Å². The largest absolute Gasteiger partial charge is 0.507 e. The molecule has 9 rings (SSSR count). The molecule has 1 N–H and O–H groups in total. The average molecular weight is 749 g/mol. The lowest BCUT2D eigenvalue weighted by atomic mass is 9.74. The lowest BCUT2D eigenvalue weighted by Gasteiger charge is -2.27. The Hall–Kier alpha value is -6.12. The molecule has 8 aromatic carbocycles. The molecule has 0 saturated heterocycles. The molecule has 0 unspecified atom stereocenters. The number of phenolic OH excluding ortho intramolecular Hbond substituents is 1. The molecule has 0 spiro atoms. The molecule has 1 nitrogen and oxygen atoms in total. The first kappa shape index (κ1) is 37.5. The summed E-state index contributed by atoms with van der Waals surface area (Å²) in [5.74, 6) is 0.346. The second-order valence-corrected chi connectivity index (χ2v) is 16.4. The third-order valence-corrected chi connectivity index (χ3v) is 13.2. The molecule has 0 atom stereocenters. The number of hydrogen-bond acceptors (Lipinski definition) is 1. The minimum Gasteiger partial charge on any atom is -0.507 e. The monoisotopic (exact) mass is 748 g/mol. The fourth-order valence-electron chi connectivity index (χ4n) is 10.1. The molecular weight excluding hydrogens is 699 g/mol. The molecule has 58 heavy (non-hydrogen) atoms. The van der Waals surface area contributed by atoms with Gasteiger partial charge in [0.05, 0.1) is 0 Å². The summed E-state index contributed by atoms with van der Waals surface area (Å²) in [6.45, 7) is 19.3. The Morgan fingerprint density at radius 2 is 1.17 bits per heavy atom. The highest BCUT2D eigenvalue weighted by Crippen LogP contribution is 2.52. The maximum atomic E-state index is 11.6. The minimum atomic E-state index is 0.346. The first-order valence-electron chi connectivity index (χ1n) is 20.7. The van der Waals surface area contributed by atoms with Crippen LogP contribution in [0.4, 0.5) is 0 Å². The molecular formula is C56H49BO. The van der Waals surface area contributed by atoms with Gasteiger partial charge in [0.1, 0.15) is 13.6 Å². The van der Waals surface area contributed by atoms with Crippen molar-refractivity contribution in [3.8, 4) is 61.4 Å². The van der Waals surface area contributed by atoms with Gasteiger partial charge in [-0.3, -0.25) is 0 Å². The van der Waals surface area contributed by atoms with Gasteiger partial charge in [0, 0.05) is 0 Å². The van der Waals surface area contributed by atoms with Crippen molar-refractivity contribution in [3.63, 3.8) is 0 Å². The lowest BCUT2D eigenvalue weighted by Crippen LogP contribution is -2.15. The fourth-order valence-corrected chi connectivity index (χ4v) is 10.1. The second-order valence-electron chi connectivity index (χ2n) is 16.4. The van der Waals surface area contributed by atoms with Crippen LogP contribution in [0.15, 0.2) is 116 Å². The molecule has 282 valence electrons. The smallest absolute Gasteiger partial charge is 0.122 e. The van der Waals surface area contributed by atoms with Crippen LogP contribution in [0.1, 0.15) is 69.0 Å². The highest BCUT2D eigenvalue weighted by molar-refractivity contribution is 6.38. The van der Waals surface area contributed by atoms with Gasteiger partial charge in [-0.1, -0.05) is 146 Å². The number of aryl methyl sites for hydroxylation is 5. The summed E-state index contributed by atoms with van der Waals surface area (Å²) in [6.07, 6.45) is 5.07. The molecule has 0 saturated carbocycles. The van der Waals surface area contributed by atoms with Gasteiger partial charge in [0.2, 0.25) is 0 Å². The van der Waals surface area contributed by atoms with Crippen LogP contribution in [-0.4, -0.2) is 13.0 Å². The van der Waals surface area contributed by atoms with Crippen molar-refractivity contribution in [1.29, 1.82) is 0 Å².